The van der Waals surface area contributed by atoms with Gasteiger partial charge in [-0.3, -0.25) is 9.52 Å². The minimum absolute atomic E-state index is 0.0283. The Kier molecular flexibility index (Phi) is 5.50. The molecule has 1 aliphatic heterocycles. The summed E-state index contributed by atoms with van der Waals surface area (Å²) in [6.07, 6.45) is 2.52. The van der Waals surface area contributed by atoms with Gasteiger partial charge in [0.05, 0.1) is 19.1 Å². The van der Waals surface area contributed by atoms with Gasteiger partial charge in [0.2, 0.25) is 10.0 Å². The van der Waals surface area contributed by atoms with Crippen LogP contribution in [0.2, 0.25) is 0 Å². The molecule has 3 aromatic rings. The summed E-state index contributed by atoms with van der Waals surface area (Å²) in [5, 5.41) is 0. The number of nitrogens with one attached hydrogen (secondary N) is 1. The van der Waals surface area contributed by atoms with Gasteiger partial charge in [-0.1, -0.05) is 12.1 Å². The maximum Gasteiger partial charge on any atom is 0.293 e. The number of benzene rings is 2. The number of fused-ring (bicyclic) bond motifs is 1. The van der Waals surface area contributed by atoms with Crippen LogP contribution in [-0.4, -0.2) is 33.7 Å². The van der Waals surface area contributed by atoms with Crippen LogP contribution in [0.3, 0.4) is 0 Å². The Morgan fingerprint density at radius 3 is 2.67 bits per heavy atom. The normalized spacial score (nSPS) is 13.2. The number of carbonyl (C=O) groups excluding carboxylic acids is 1. The highest BCUT2D eigenvalue weighted by Gasteiger charge is 2.27. The molecule has 4 rings (SSSR count). The Labute approximate surface area is 175 Å². The fraction of sp³-hybridized carbons (Fsp3) is 0.227. The first-order valence-corrected chi connectivity index (χ1v) is 11.2. The molecule has 8 heteroatoms. The Morgan fingerprint density at radius 2 is 1.97 bits per heavy atom. The van der Waals surface area contributed by atoms with Crippen LogP contribution in [0.15, 0.2) is 65.3 Å². The summed E-state index contributed by atoms with van der Waals surface area (Å²) in [6, 6.07) is 15.9. The molecule has 0 saturated heterocycles. The van der Waals surface area contributed by atoms with Crippen molar-refractivity contribution in [2.75, 3.05) is 29.0 Å². The van der Waals surface area contributed by atoms with Crippen LogP contribution >= 0.6 is 0 Å². The van der Waals surface area contributed by atoms with Gasteiger partial charge in [-0.25, -0.2) is 8.42 Å². The maximum absolute atomic E-state index is 12.6. The number of rotatable bonds is 7. The van der Waals surface area contributed by atoms with Crippen molar-refractivity contribution >= 4 is 27.3 Å². The quantitative estimate of drug-likeness (QED) is 0.625. The lowest BCUT2D eigenvalue weighted by atomic mass is 10.1. The molecule has 0 radical (unpaired) electrons. The van der Waals surface area contributed by atoms with Gasteiger partial charge in [-0.15, -0.1) is 0 Å². The second-order valence-electron chi connectivity index (χ2n) is 7.05. The highest BCUT2D eigenvalue weighted by Crippen LogP contribution is 2.32. The Hall–Kier alpha value is -3.26. The van der Waals surface area contributed by atoms with Gasteiger partial charge >= 0.3 is 0 Å². The molecule has 0 saturated carbocycles. The van der Waals surface area contributed by atoms with Crippen LogP contribution in [0.1, 0.15) is 21.7 Å². The van der Waals surface area contributed by atoms with Gasteiger partial charge in [-0.05, 0) is 66.4 Å². The number of sulfonamides is 1. The summed E-state index contributed by atoms with van der Waals surface area (Å²) < 4.78 is 38.0. The van der Waals surface area contributed by atoms with Crippen molar-refractivity contribution in [2.24, 2.45) is 0 Å². The van der Waals surface area contributed by atoms with E-state index in [1.807, 2.05) is 24.3 Å². The molecular formula is C22H22N2O5S. The number of ether oxygens (including phenoxy) is 1. The van der Waals surface area contributed by atoms with Crippen LogP contribution in [0.4, 0.5) is 11.4 Å². The van der Waals surface area contributed by atoms with Gasteiger partial charge in [0.1, 0.15) is 5.75 Å². The van der Waals surface area contributed by atoms with E-state index in [0.29, 0.717) is 25.1 Å². The maximum atomic E-state index is 12.6. The highest BCUT2D eigenvalue weighted by molar-refractivity contribution is 7.92. The zero-order valence-corrected chi connectivity index (χ0v) is 17.3. The molecule has 1 amide bonds. The van der Waals surface area contributed by atoms with Crippen LogP contribution in [0, 0.1) is 0 Å². The summed E-state index contributed by atoms with van der Waals surface area (Å²) in [5.41, 5.74) is 3.11. The molecule has 0 aliphatic carbocycles. The molecule has 0 fully saturated rings. The third kappa shape index (κ3) is 4.33. The van der Waals surface area contributed by atoms with E-state index < -0.39 is 10.0 Å². The summed E-state index contributed by atoms with van der Waals surface area (Å²) >= 11 is 0. The number of aryl methyl sites for hydroxylation is 1. The Balaban J connectivity index is 1.42. The van der Waals surface area contributed by atoms with E-state index in [1.54, 1.807) is 42.3 Å². The Bertz CT molecular complexity index is 1140. The topological polar surface area (TPSA) is 88.9 Å². The number of nitrogens with zero attached hydrogens (tertiary/aromatic N) is 1. The predicted octanol–water partition coefficient (Wildman–Crippen LogP) is 3.48. The van der Waals surface area contributed by atoms with Gasteiger partial charge in [0.25, 0.3) is 5.91 Å². The molecule has 156 valence electrons. The predicted molar refractivity (Wildman–Crippen MR) is 115 cm³/mol. The average molecular weight is 426 g/mol. The van der Waals surface area contributed by atoms with Gasteiger partial charge in [0, 0.05) is 17.9 Å². The number of amides is 1. The van der Waals surface area contributed by atoms with Gasteiger partial charge in [-0.2, -0.15) is 0 Å². The van der Waals surface area contributed by atoms with E-state index in [2.05, 4.69) is 4.72 Å². The third-order valence-electron chi connectivity index (χ3n) is 5.04. The highest BCUT2D eigenvalue weighted by atomic mass is 32.2. The zero-order chi connectivity index (χ0) is 21.1. The molecule has 0 atom stereocenters. The van der Waals surface area contributed by atoms with E-state index in [-0.39, 0.29) is 17.4 Å². The summed E-state index contributed by atoms with van der Waals surface area (Å²) in [6.45, 7) is 0.530. The van der Waals surface area contributed by atoms with Crippen LogP contribution in [0.5, 0.6) is 5.75 Å². The van der Waals surface area contributed by atoms with Crippen molar-refractivity contribution in [1.82, 2.24) is 0 Å². The smallest absolute Gasteiger partial charge is 0.293 e. The number of methoxy groups -OCH3 is 1. The van der Waals surface area contributed by atoms with Gasteiger partial charge < -0.3 is 14.1 Å². The largest absolute Gasteiger partial charge is 0.497 e. The van der Waals surface area contributed by atoms with Crippen molar-refractivity contribution < 1.29 is 22.4 Å². The van der Waals surface area contributed by atoms with E-state index in [4.69, 9.17) is 9.15 Å². The molecule has 7 nitrogen and oxygen atoms in total. The monoisotopic (exact) mass is 426 g/mol. The first kappa shape index (κ1) is 20.0. The molecule has 2 aromatic carbocycles. The lowest BCUT2D eigenvalue weighted by Crippen LogP contribution is -2.28. The third-order valence-corrected chi connectivity index (χ3v) is 6.33. The summed E-state index contributed by atoms with van der Waals surface area (Å²) in [5.74, 6) is 0.787. The van der Waals surface area contributed by atoms with Crippen molar-refractivity contribution in [3.63, 3.8) is 0 Å². The zero-order valence-electron chi connectivity index (χ0n) is 16.5. The Morgan fingerprint density at radius 1 is 1.17 bits per heavy atom. The lowest BCUT2D eigenvalue weighted by Gasteiger charge is -2.16. The number of anilines is 2. The SMILES string of the molecule is COc1ccc(CCS(=O)(=O)Nc2ccc3c(c2)CCN3C(=O)c2ccco2)cc1. The molecule has 0 bridgehead atoms. The van der Waals surface area contributed by atoms with Crippen molar-refractivity contribution in [3.05, 3.63) is 77.7 Å². The standard InChI is InChI=1S/C22H22N2O5S/c1-28-19-7-4-16(5-8-19)11-14-30(26,27)23-18-6-9-20-17(15-18)10-12-24(20)22(25)21-3-2-13-29-21/h2-9,13,15,23H,10-12,14H2,1H3. The van der Waals surface area contributed by atoms with Crippen molar-refractivity contribution in [2.45, 2.75) is 12.8 Å². The van der Waals surface area contributed by atoms with E-state index >= 15 is 0 Å². The van der Waals surface area contributed by atoms with Crippen LogP contribution in [0.25, 0.3) is 0 Å². The molecular weight excluding hydrogens is 404 g/mol. The molecule has 1 aliphatic rings. The van der Waals surface area contributed by atoms with E-state index in [0.717, 1.165) is 22.6 Å². The number of furan rings is 1. The van der Waals surface area contributed by atoms with Crippen LogP contribution < -0.4 is 14.4 Å². The molecule has 0 spiro atoms. The average Bonchev–Trinajstić information content (AvgIpc) is 3.42. The molecule has 2 heterocycles. The lowest BCUT2D eigenvalue weighted by molar-refractivity contribution is 0.0963. The van der Waals surface area contributed by atoms with E-state index in [1.165, 1.54) is 6.26 Å². The molecule has 1 N–H and O–H groups in total. The van der Waals surface area contributed by atoms with Crippen molar-refractivity contribution in [1.29, 1.82) is 0 Å². The second-order valence-corrected chi connectivity index (χ2v) is 8.89. The number of hydrogen-bond acceptors (Lipinski definition) is 5. The number of carbonyl (C=O) groups is 1. The number of hydrogen-bond donors (Lipinski definition) is 1. The summed E-state index contributed by atoms with van der Waals surface area (Å²) in [7, 11) is -1.92. The second kappa shape index (κ2) is 8.23. The minimum Gasteiger partial charge on any atom is -0.497 e. The first-order valence-electron chi connectivity index (χ1n) is 9.57. The van der Waals surface area contributed by atoms with E-state index in [9.17, 15) is 13.2 Å². The van der Waals surface area contributed by atoms with Crippen molar-refractivity contribution in [3.8, 4) is 5.75 Å². The molecule has 1 aromatic heterocycles. The van der Waals surface area contributed by atoms with Gasteiger partial charge in [0.15, 0.2) is 5.76 Å². The minimum atomic E-state index is -3.51. The molecule has 30 heavy (non-hydrogen) atoms. The fourth-order valence-corrected chi connectivity index (χ4v) is 4.58. The molecule has 0 unspecified atom stereocenters. The fourth-order valence-electron chi connectivity index (χ4n) is 3.48. The summed E-state index contributed by atoms with van der Waals surface area (Å²) in [4.78, 5) is 14.2. The first-order chi connectivity index (χ1) is 14.4. The van der Waals surface area contributed by atoms with Crippen LogP contribution in [-0.2, 0) is 22.9 Å².